The number of benzene rings is 2. The highest BCUT2D eigenvalue weighted by atomic mass is 16.6. The van der Waals surface area contributed by atoms with E-state index in [2.05, 4.69) is 17.5 Å². The SMILES string of the molecule is CC(C)(C)OC(=O)N1[C@H](C(=O)N[C@H](C#N)Cc2ccc(-c3ccc(C#N)cc3)cc2)C[C@@H]2CCC[C@@H]21. The lowest BCUT2D eigenvalue weighted by atomic mass is 9.99. The zero-order valence-electron chi connectivity index (χ0n) is 21.0. The summed E-state index contributed by atoms with van der Waals surface area (Å²) in [5, 5.41) is 21.6. The molecule has 1 saturated heterocycles. The molecule has 1 heterocycles. The standard InChI is InChI=1S/C29H32N4O3/c1-29(2,3)36-28(35)33-25-6-4-5-23(25)16-26(33)27(34)32-24(18-31)15-19-7-11-21(12-8-19)22-13-9-20(17-30)10-14-22/h7-14,23-26H,4-6,15-16H2,1-3H3,(H,32,34)/t23-,24-,25-,26-/m0/s1. The number of nitrogens with one attached hydrogen (secondary N) is 1. The molecule has 1 N–H and O–H groups in total. The molecule has 0 bridgehead atoms. The Morgan fingerprint density at radius 3 is 2.28 bits per heavy atom. The minimum Gasteiger partial charge on any atom is -0.444 e. The summed E-state index contributed by atoms with van der Waals surface area (Å²) in [6.45, 7) is 5.46. The quantitative estimate of drug-likeness (QED) is 0.646. The maximum atomic E-state index is 13.3. The Labute approximate surface area is 212 Å². The molecule has 2 aromatic rings. The summed E-state index contributed by atoms with van der Waals surface area (Å²) in [4.78, 5) is 27.9. The van der Waals surface area contributed by atoms with E-state index in [1.165, 1.54) is 0 Å². The van der Waals surface area contributed by atoms with Crippen molar-refractivity contribution >= 4 is 12.0 Å². The summed E-state index contributed by atoms with van der Waals surface area (Å²) in [5.41, 5.74) is 2.89. The van der Waals surface area contributed by atoms with Crippen molar-refractivity contribution in [3.8, 4) is 23.3 Å². The van der Waals surface area contributed by atoms with Gasteiger partial charge in [-0.15, -0.1) is 0 Å². The Bertz CT molecular complexity index is 1190. The van der Waals surface area contributed by atoms with Gasteiger partial charge in [-0.05, 0) is 74.8 Å². The summed E-state index contributed by atoms with van der Waals surface area (Å²) < 4.78 is 5.62. The largest absolute Gasteiger partial charge is 0.444 e. The zero-order valence-corrected chi connectivity index (χ0v) is 21.0. The summed E-state index contributed by atoms with van der Waals surface area (Å²) in [5.74, 6) is -0.000384. The topological polar surface area (TPSA) is 106 Å². The minimum absolute atomic E-state index is 0.0194. The van der Waals surface area contributed by atoms with Crippen LogP contribution in [0.1, 0.15) is 57.6 Å². The molecule has 2 aliphatic rings. The molecule has 0 unspecified atom stereocenters. The van der Waals surface area contributed by atoms with Crippen LogP contribution in [-0.2, 0) is 16.0 Å². The molecule has 1 saturated carbocycles. The minimum atomic E-state index is -0.709. The maximum Gasteiger partial charge on any atom is 0.411 e. The molecule has 186 valence electrons. The van der Waals surface area contributed by atoms with Crippen molar-refractivity contribution in [2.75, 3.05) is 0 Å². The van der Waals surface area contributed by atoms with Crippen LogP contribution in [0.25, 0.3) is 11.1 Å². The number of carbonyl (C=O) groups excluding carboxylic acids is 2. The Hall–Kier alpha value is -3.84. The number of nitriles is 2. The van der Waals surface area contributed by atoms with Gasteiger partial charge in [0, 0.05) is 12.5 Å². The lowest BCUT2D eigenvalue weighted by Gasteiger charge is -2.32. The van der Waals surface area contributed by atoms with Crippen molar-refractivity contribution in [3.63, 3.8) is 0 Å². The number of rotatable bonds is 5. The van der Waals surface area contributed by atoms with E-state index >= 15 is 0 Å². The molecule has 4 atom stereocenters. The van der Waals surface area contributed by atoms with Gasteiger partial charge >= 0.3 is 6.09 Å². The van der Waals surface area contributed by atoms with E-state index in [0.717, 1.165) is 36.0 Å². The highest BCUT2D eigenvalue weighted by Gasteiger charge is 2.50. The molecular weight excluding hydrogens is 452 g/mol. The molecule has 2 amide bonds. The third-order valence-corrected chi connectivity index (χ3v) is 6.96. The second-order valence-corrected chi connectivity index (χ2v) is 10.7. The van der Waals surface area contributed by atoms with Gasteiger partial charge in [0.2, 0.25) is 5.91 Å². The van der Waals surface area contributed by atoms with Crippen LogP contribution in [0.4, 0.5) is 4.79 Å². The number of likely N-dealkylation sites (tertiary alicyclic amines) is 1. The molecule has 1 aliphatic heterocycles. The fourth-order valence-corrected chi connectivity index (χ4v) is 5.30. The van der Waals surface area contributed by atoms with Crippen molar-refractivity contribution in [1.29, 1.82) is 10.5 Å². The summed E-state index contributed by atoms with van der Waals surface area (Å²) in [6, 6.07) is 18.2. The number of hydrogen-bond donors (Lipinski definition) is 1. The Kier molecular flexibility index (Phi) is 7.31. The molecule has 2 fully saturated rings. The molecule has 2 aromatic carbocycles. The van der Waals surface area contributed by atoms with Crippen LogP contribution < -0.4 is 5.32 Å². The van der Waals surface area contributed by atoms with Gasteiger partial charge in [-0.3, -0.25) is 9.69 Å². The third-order valence-electron chi connectivity index (χ3n) is 6.96. The molecule has 7 heteroatoms. The van der Waals surface area contributed by atoms with Crippen LogP contribution in [0.15, 0.2) is 48.5 Å². The number of ether oxygens (including phenoxy) is 1. The molecule has 0 radical (unpaired) electrons. The van der Waals surface area contributed by atoms with Crippen LogP contribution >= 0.6 is 0 Å². The molecule has 4 rings (SSSR count). The van der Waals surface area contributed by atoms with E-state index in [4.69, 9.17) is 10.00 Å². The van der Waals surface area contributed by atoms with E-state index in [1.807, 2.05) is 57.2 Å². The van der Waals surface area contributed by atoms with Gasteiger partial charge in [0.1, 0.15) is 17.7 Å². The first-order valence-electron chi connectivity index (χ1n) is 12.5. The number of nitrogens with zero attached hydrogens (tertiary/aromatic N) is 3. The van der Waals surface area contributed by atoms with Gasteiger partial charge in [-0.25, -0.2) is 4.79 Å². The molecule has 7 nitrogen and oxygen atoms in total. The molecule has 36 heavy (non-hydrogen) atoms. The van der Waals surface area contributed by atoms with Crippen LogP contribution in [0, 0.1) is 28.6 Å². The van der Waals surface area contributed by atoms with Crippen molar-refractivity contribution < 1.29 is 14.3 Å². The van der Waals surface area contributed by atoms with Gasteiger partial charge in [-0.2, -0.15) is 10.5 Å². The molecular formula is C29H32N4O3. The van der Waals surface area contributed by atoms with Gasteiger partial charge in [0.05, 0.1) is 17.7 Å². The Morgan fingerprint density at radius 2 is 1.69 bits per heavy atom. The van der Waals surface area contributed by atoms with Crippen LogP contribution in [0.5, 0.6) is 0 Å². The molecule has 0 aromatic heterocycles. The monoisotopic (exact) mass is 484 g/mol. The highest BCUT2D eigenvalue weighted by molar-refractivity contribution is 5.87. The van der Waals surface area contributed by atoms with Gasteiger partial charge in [0.15, 0.2) is 0 Å². The van der Waals surface area contributed by atoms with E-state index < -0.39 is 23.8 Å². The number of hydrogen-bond acceptors (Lipinski definition) is 5. The zero-order chi connectivity index (χ0) is 25.9. The van der Waals surface area contributed by atoms with Crippen LogP contribution in [-0.4, -0.2) is 40.6 Å². The van der Waals surface area contributed by atoms with E-state index in [9.17, 15) is 14.9 Å². The van der Waals surface area contributed by atoms with Crippen molar-refractivity contribution in [3.05, 3.63) is 59.7 Å². The first-order chi connectivity index (χ1) is 17.2. The van der Waals surface area contributed by atoms with E-state index in [-0.39, 0.29) is 11.9 Å². The lowest BCUT2D eigenvalue weighted by Crippen LogP contribution is -2.52. The summed E-state index contributed by atoms with van der Waals surface area (Å²) >= 11 is 0. The fourth-order valence-electron chi connectivity index (χ4n) is 5.30. The second kappa shape index (κ2) is 10.4. The second-order valence-electron chi connectivity index (χ2n) is 10.7. The molecule has 1 aliphatic carbocycles. The third kappa shape index (κ3) is 5.69. The fraction of sp³-hybridized carbons (Fsp3) is 0.448. The van der Waals surface area contributed by atoms with Crippen molar-refractivity contribution in [1.82, 2.24) is 10.2 Å². The van der Waals surface area contributed by atoms with Crippen LogP contribution in [0.3, 0.4) is 0 Å². The van der Waals surface area contributed by atoms with Gasteiger partial charge < -0.3 is 10.1 Å². The number of amides is 2. The van der Waals surface area contributed by atoms with Crippen molar-refractivity contribution in [2.45, 2.75) is 76.6 Å². The van der Waals surface area contributed by atoms with Gasteiger partial charge in [-0.1, -0.05) is 42.8 Å². The average Bonchev–Trinajstić information content (AvgIpc) is 3.44. The van der Waals surface area contributed by atoms with Crippen LogP contribution in [0.2, 0.25) is 0 Å². The summed E-state index contributed by atoms with van der Waals surface area (Å²) in [6.07, 6.45) is 3.43. The smallest absolute Gasteiger partial charge is 0.411 e. The number of fused-ring (bicyclic) bond motifs is 1. The van der Waals surface area contributed by atoms with E-state index in [1.54, 1.807) is 17.0 Å². The maximum absolute atomic E-state index is 13.3. The van der Waals surface area contributed by atoms with Crippen molar-refractivity contribution in [2.24, 2.45) is 5.92 Å². The van der Waals surface area contributed by atoms with Gasteiger partial charge in [0.25, 0.3) is 0 Å². The van der Waals surface area contributed by atoms with E-state index in [0.29, 0.717) is 24.3 Å². The first kappa shape index (κ1) is 25.3. The highest BCUT2D eigenvalue weighted by Crippen LogP contribution is 2.42. The Morgan fingerprint density at radius 1 is 1.06 bits per heavy atom. The lowest BCUT2D eigenvalue weighted by molar-refractivity contribution is -0.126. The average molecular weight is 485 g/mol. The summed E-state index contributed by atoms with van der Waals surface area (Å²) in [7, 11) is 0. The Balaban J connectivity index is 1.42. The predicted molar refractivity (Wildman–Crippen MR) is 135 cm³/mol. The normalized spacial score (nSPS) is 21.7. The number of carbonyl (C=O) groups is 2. The molecule has 0 spiro atoms. The first-order valence-corrected chi connectivity index (χ1v) is 12.5. The predicted octanol–water partition coefficient (Wildman–Crippen LogP) is 4.95.